The lowest BCUT2D eigenvalue weighted by Crippen LogP contribution is -2.01. The Morgan fingerprint density at radius 2 is 1.80 bits per heavy atom. The lowest BCUT2D eigenvalue weighted by molar-refractivity contribution is 0.104. The minimum atomic E-state index is -0.00356. The summed E-state index contributed by atoms with van der Waals surface area (Å²) in [4.78, 5) is 15.8. The predicted molar refractivity (Wildman–Crippen MR) is 82.7 cm³/mol. The number of aryl methyl sites for hydroxylation is 2. The van der Waals surface area contributed by atoms with Crippen LogP contribution in [0.2, 0.25) is 5.02 Å². The molecule has 3 rings (SSSR count). The Kier molecular flexibility index (Phi) is 3.11. The van der Waals surface area contributed by atoms with E-state index in [9.17, 15) is 4.79 Å². The summed E-state index contributed by atoms with van der Waals surface area (Å²) in [6, 6.07) is 11.5. The third-order valence-corrected chi connectivity index (χ3v) is 3.70. The lowest BCUT2D eigenvalue weighted by atomic mass is 9.99. The van der Waals surface area contributed by atoms with Crippen LogP contribution < -0.4 is 0 Å². The lowest BCUT2D eigenvalue weighted by Gasteiger charge is -2.04. The second kappa shape index (κ2) is 4.80. The summed E-state index contributed by atoms with van der Waals surface area (Å²) >= 11 is 6.23. The molecule has 3 heteroatoms. The third-order valence-electron chi connectivity index (χ3n) is 3.38. The van der Waals surface area contributed by atoms with Crippen molar-refractivity contribution in [2.24, 2.45) is 0 Å². The maximum Gasteiger partial charge on any atom is 0.195 e. The predicted octanol–water partition coefficient (Wildman–Crippen LogP) is 4.67. The molecule has 0 saturated carbocycles. The molecule has 0 saturated heterocycles. The number of fused-ring (bicyclic) bond motifs is 1. The van der Waals surface area contributed by atoms with E-state index in [1.165, 1.54) is 0 Å². The first kappa shape index (κ1) is 12.9. The molecule has 0 fully saturated rings. The van der Waals surface area contributed by atoms with Crippen LogP contribution in [0.3, 0.4) is 0 Å². The van der Waals surface area contributed by atoms with Gasteiger partial charge in [-0.25, -0.2) is 0 Å². The Hall–Kier alpha value is -2.06. The number of hydrogen-bond donors (Lipinski definition) is 1. The Morgan fingerprint density at radius 3 is 2.50 bits per heavy atom. The number of rotatable bonds is 2. The summed E-state index contributed by atoms with van der Waals surface area (Å²) in [7, 11) is 0. The van der Waals surface area contributed by atoms with Gasteiger partial charge in [0.25, 0.3) is 0 Å². The van der Waals surface area contributed by atoms with Crippen LogP contribution in [-0.2, 0) is 0 Å². The number of aromatic amines is 1. The van der Waals surface area contributed by atoms with Crippen LogP contribution >= 0.6 is 11.6 Å². The summed E-state index contributed by atoms with van der Waals surface area (Å²) in [5.41, 5.74) is 4.36. The van der Waals surface area contributed by atoms with E-state index in [-0.39, 0.29) is 5.78 Å². The molecule has 0 spiro atoms. The van der Waals surface area contributed by atoms with Crippen LogP contribution in [-0.4, -0.2) is 10.8 Å². The van der Waals surface area contributed by atoms with Gasteiger partial charge < -0.3 is 4.98 Å². The molecule has 0 aliphatic rings. The van der Waals surface area contributed by atoms with Gasteiger partial charge in [0.15, 0.2) is 5.78 Å². The number of H-pyrrole nitrogens is 1. The smallest absolute Gasteiger partial charge is 0.195 e. The zero-order chi connectivity index (χ0) is 14.3. The summed E-state index contributed by atoms with van der Waals surface area (Å²) in [5, 5.41) is 1.38. The highest BCUT2D eigenvalue weighted by atomic mass is 35.5. The molecule has 2 aromatic carbocycles. The molecule has 0 bridgehead atoms. The standard InChI is InChI=1S/C17H14ClNO/c1-10-6-11(2)8-12(7-10)17(20)13-9-19-15-5-3-4-14(18)16(13)15/h3-9,19H,1-2H3. The summed E-state index contributed by atoms with van der Waals surface area (Å²) in [6.07, 6.45) is 1.73. The molecule has 0 aliphatic carbocycles. The van der Waals surface area contributed by atoms with E-state index in [4.69, 9.17) is 11.6 Å². The quantitative estimate of drug-likeness (QED) is 0.681. The SMILES string of the molecule is Cc1cc(C)cc(C(=O)c2c[nH]c3cccc(Cl)c23)c1. The van der Waals surface area contributed by atoms with E-state index in [0.717, 1.165) is 22.0 Å². The highest BCUT2D eigenvalue weighted by molar-refractivity contribution is 6.37. The number of halogens is 1. The second-order valence-electron chi connectivity index (χ2n) is 5.07. The van der Waals surface area contributed by atoms with Gasteiger partial charge in [0, 0.05) is 28.2 Å². The number of carbonyl (C=O) groups excluding carboxylic acids is 1. The van der Waals surface area contributed by atoms with Gasteiger partial charge in [0.1, 0.15) is 0 Å². The van der Waals surface area contributed by atoms with Gasteiger partial charge in [-0.15, -0.1) is 0 Å². The first-order valence-electron chi connectivity index (χ1n) is 6.45. The minimum Gasteiger partial charge on any atom is -0.360 e. The number of nitrogens with one attached hydrogen (secondary N) is 1. The minimum absolute atomic E-state index is 0.00356. The Labute approximate surface area is 122 Å². The van der Waals surface area contributed by atoms with Crippen molar-refractivity contribution in [1.29, 1.82) is 0 Å². The van der Waals surface area contributed by atoms with E-state index in [0.29, 0.717) is 16.1 Å². The Bertz CT molecular complexity index is 797. The van der Waals surface area contributed by atoms with Crippen molar-refractivity contribution >= 4 is 28.3 Å². The highest BCUT2D eigenvalue weighted by Gasteiger charge is 2.16. The van der Waals surface area contributed by atoms with Crippen LogP contribution in [0.1, 0.15) is 27.0 Å². The van der Waals surface area contributed by atoms with E-state index in [1.54, 1.807) is 12.3 Å². The number of hydrogen-bond acceptors (Lipinski definition) is 1. The van der Waals surface area contributed by atoms with Gasteiger partial charge in [0.05, 0.1) is 5.02 Å². The van der Waals surface area contributed by atoms with E-state index in [2.05, 4.69) is 11.1 Å². The molecule has 0 amide bonds. The molecule has 100 valence electrons. The molecule has 1 N–H and O–H groups in total. The molecule has 1 heterocycles. The van der Waals surface area contributed by atoms with Crippen molar-refractivity contribution in [2.45, 2.75) is 13.8 Å². The van der Waals surface area contributed by atoms with E-state index < -0.39 is 0 Å². The molecule has 0 unspecified atom stereocenters. The Balaban J connectivity index is 2.18. The molecule has 20 heavy (non-hydrogen) atoms. The third kappa shape index (κ3) is 2.12. The maximum atomic E-state index is 12.7. The number of ketones is 1. The zero-order valence-corrected chi connectivity index (χ0v) is 12.1. The first-order valence-corrected chi connectivity index (χ1v) is 6.82. The van der Waals surface area contributed by atoms with Gasteiger partial charge in [-0.3, -0.25) is 4.79 Å². The zero-order valence-electron chi connectivity index (χ0n) is 11.3. The molecule has 0 aliphatic heterocycles. The molecular formula is C17H14ClNO. The molecule has 1 aromatic heterocycles. The van der Waals surface area contributed by atoms with Crippen LogP contribution in [0.15, 0.2) is 42.6 Å². The van der Waals surface area contributed by atoms with Gasteiger partial charge >= 0.3 is 0 Å². The van der Waals surface area contributed by atoms with Gasteiger partial charge in [-0.1, -0.05) is 34.9 Å². The first-order chi connectivity index (χ1) is 9.56. The van der Waals surface area contributed by atoms with Crippen LogP contribution in [0.5, 0.6) is 0 Å². The van der Waals surface area contributed by atoms with Crippen molar-refractivity contribution in [3.8, 4) is 0 Å². The largest absolute Gasteiger partial charge is 0.360 e. The molecule has 2 nitrogen and oxygen atoms in total. The van der Waals surface area contributed by atoms with Crippen LogP contribution in [0, 0.1) is 13.8 Å². The van der Waals surface area contributed by atoms with Gasteiger partial charge in [-0.2, -0.15) is 0 Å². The average molecular weight is 284 g/mol. The van der Waals surface area contributed by atoms with Crippen LogP contribution in [0.4, 0.5) is 0 Å². The van der Waals surface area contributed by atoms with Crippen molar-refractivity contribution in [1.82, 2.24) is 4.98 Å². The Morgan fingerprint density at radius 1 is 1.10 bits per heavy atom. The topological polar surface area (TPSA) is 32.9 Å². The number of aromatic nitrogens is 1. The van der Waals surface area contributed by atoms with Crippen LogP contribution in [0.25, 0.3) is 10.9 Å². The van der Waals surface area contributed by atoms with Gasteiger partial charge in [0.2, 0.25) is 0 Å². The fraction of sp³-hybridized carbons (Fsp3) is 0.118. The number of benzene rings is 2. The monoisotopic (exact) mass is 283 g/mol. The second-order valence-corrected chi connectivity index (χ2v) is 5.48. The van der Waals surface area contributed by atoms with E-state index in [1.807, 2.05) is 38.1 Å². The fourth-order valence-electron chi connectivity index (χ4n) is 2.58. The molecule has 0 radical (unpaired) electrons. The molecular weight excluding hydrogens is 270 g/mol. The number of carbonyl (C=O) groups is 1. The van der Waals surface area contributed by atoms with Crippen molar-refractivity contribution in [3.63, 3.8) is 0 Å². The summed E-state index contributed by atoms with van der Waals surface area (Å²) in [5.74, 6) is -0.00356. The maximum absolute atomic E-state index is 12.7. The average Bonchev–Trinajstić information content (AvgIpc) is 2.82. The van der Waals surface area contributed by atoms with E-state index >= 15 is 0 Å². The molecule has 3 aromatic rings. The molecule has 0 atom stereocenters. The van der Waals surface area contributed by atoms with Crippen molar-refractivity contribution < 1.29 is 4.79 Å². The summed E-state index contributed by atoms with van der Waals surface area (Å²) < 4.78 is 0. The van der Waals surface area contributed by atoms with Gasteiger partial charge in [-0.05, 0) is 38.1 Å². The normalized spacial score (nSPS) is 10.9. The van der Waals surface area contributed by atoms with Crippen molar-refractivity contribution in [3.05, 3.63) is 69.9 Å². The summed E-state index contributed by atoms with van der Waals surface area (Å²) in [6.45, 7) is 3.98. The fourth-order valence-corrected chi connectivity index (χ4v) is 2.86. The van der Waals surface area contributed by atoms with Crippen molar-refractivity contribution in [2.75, 3.05) is 0 Å². The highest BCUT2D eigenvalue weighted by Crippen LogP contribution is 2.28.